The van der Waals surface area contributed by atoms with Crippen molar-refractivity contribution in [3.05, 3.63) is 28.7 Å². The van der Waals surface area contributed by atoms with Gasteiger partial charge in [-0.25, -0.2) is 4.79 Å². The Morgan fingerprint density at radius 2 is 1.90 bits per heavy atom. The van der Waals surface area contributed by atoms with Gasteiger partial charge in [0, 0.05) is 16.7 Å². The molecule has 0 aliphatic carbocycles. The van der Waals surface area contributed by atoms with Gasteiger partial charge in [0.2, 0.25) is 0 Å². The number of nitrogens with two attached hydrogens (primary N) is 1. The standard InChI is InChI=1S/C15H24BrN3O2/c1-10(18-14(20)21-15(2,3)4)13(9-17)19-12-7-5-11(16)6-8-12/h5-8,10,13,19H,9,17H2,1-4H3,(H,18,20). The molecule has 2 unspecified atom stereocenters. The van der Waals surface area contributed by atoms with Crippen molar-refractivity contribution in [2.75, 3.05) is 11.9 Å². The molecule has 118 valence electrons. The molecular formula is C15H24BrN3O2. The van der Waals surface area contributed by atoms with Gasteiger partial charge in [-0.05, 0) is 52.0 Å². The van der Waals surface area contributed by atoms with Crippen molar-refractivity contribution in [2.24, 2.45) is 5.73 Å². The fourth-order valence-corrected chi connectivity index (χ4v) is 2.01. The van der Waals surface area contributed by atoms with Gasteiger partial charge in [0.05, 0.1) is 12.1 Å². The summed E-state index contributed by atoms with van der Waals surface area (Å²) >= 11 is 3.39. The number of alkyl carbamates (subject to hydrolysis) is 1. The zero-order valence-corrected chi connectivity index (χ0v) is 14.5. The highest BCUT2D eigenvalue weighted by molar-refractivity contribution is 9.10. The van der Waals surface area contributed by atoms with Gasteiger partial charge in [-0.2, -0.15) is 0 Å². The lowest BCUT2D eigenvalue weighted by Gasteiger charge is -2.27. The Balaban J connectivity index is 2.58. The van der Waals surface area contributed by atoms with E-state index in [1.807, 2.05) is 52.0 Å². The third-order valence-corrected chi connectivity index (χ3v) is 3.33. The first-order valence-corrected chi connectivity index (χ1v) is 7.72. The fourth-order valence-electron chi connectivity index (χ4n) is 1.74. The second-order valence-electron chi connectivity index (χ2n) is 5.93. The Labute approximate surface area is 134 Å². The van der Waals surface area contributed by atoms with Crippen LogP contribution >= 0.6 is 15.9 Å². The van der Waals surface area contributed by atoms with Crippen molar-refractivity contribution in [1.82, 2.24) is 5.32 Å². The van der Waals surface area contributed by atoms with E-state index in [9.17, 15) is 4.79 Å². The van der Waals surface area contributed by atoms with Crippen molar-refractivity contribution in [1.29, 1.82) is 0 Å². The van der Waals surface area contributed by atoms with Gasteiger partial charge in [-0.1, -0.05) is 15.9 Å². The van der Waals surface area contributed by atoms with Crippen LogP contribution in [0.3, 0.4) is 0 Å². The van der Waals surface area contributed by atoms with Crippen molar-refractivity contribution in [2.45, 2.75) is 45.4 Å². The van der Waals surface area contributed by atoms with E-state index in [1.54, 1.807) is 0 Å². The molecule has 0 aromatic heterocycles. The Bertz CT molecular complexity index is 457. The van der Waals surface area contributed by atoms with Gasteiger partial charge in [0.1, 0.15) is 5.60 Å². The Morgan fingerprint density at radius 1 is 1.33 bits per heavy atom. The SMILES string of the molecule is CC(NC(=O)OC(C)(C)C)C(CN)Nc1ccc(Br)cc1. The molecule has 6 heteroatoms. The molecule has 1 amide bonds. The van der Waals surface area contributed by atoms with Crippen LogP contribution in [0.4, 0.5) is 10.5 Å². The molecule has 1 rings (SSSR count). The van der Waals surface area contributed by atoms with Crippen molar-refractivity contribution >= 4 is 27.7 Å². The Kier molecular flexibility index (Phi) is 6.48. The normalized spacial score (nSPS) is 14.2. The van der Waals surface area contributed by atoms with E-state index < -0.39 is 11.7 Å². The average Bonchev–Trinajstić information content (AvgIpc) is 2.35. The lowest BCUT2D eigenvalue weighted by atomic mass is 10.1. The third kappa shape index (κ3) is 6.82. The average molecular weight is 358 g/mol. The van der Waals surface area contributed by atoms with Gasteiger partial charge in [-0.15, -0.1) is 0 Å². The van der Waals surface area contributed by atoms with Crippen LogP contribution in [0.5, 0.6) is 0 Å². The highest BCUT2D eigenvalue weighted by atomic mass is 79.9. The molecule has 0 aliphatic rings. The predicted octanol–water partition coefficient (Wildman–Crippen LogP) is 3.10. The summed E-state index contributed by atoms with van der Waals surface area (Å²) in [5.74, 6) is 0. The summed E-state index contributed by atoms with van der Waals surface area (Å²) in [6.07, 6.45) is -0.439. The monoisotopic (exact) mass is 357 g/mol. The van der Waals surface area contributed by atoms with Crippen molar-refractivity contribution < 1.29 is 9.53 Å². The maximum Gasteiger partial charge on any atom is 0.407 e. The topological polar surface area (TPSA) is 76.4 Å². The lowest BCUT2D eigenvalue weighted by Crippen LogP contribution is -2.49. The number of benzene rings is 1. The molecule has 0 heterocycles. The van der Waals surface area contributed by atoms with Gasteiger partial charge in [0.15, 0.2) is 0 Å². The van der Waals surface area contributed by atoms with E-state index >= 15 is 0 Å². The van der Waals surface area contributed by atoms with E-state index in [0.29, 0.717) is 6.54 Å². The van der Waals surface area contributed by atoms with E-state index in [0.717, 1.165) is 10.2 Å². The van der Waals surface area contributed by atoms with Gasteiger partial charge in [-0.3, -0.25) is 0 Å². The van der Waals surface area contributed by atoms with Crippen molar-refractivity contribution in [3.8, 4) is 0 Å². The first-order valence-electron chi connectivity index (χ1n) is 6.93. The molecule has 21 heavy (non-hydrogen) atoms. The minimum atomic E-state index is -0.513. The fraction of sp³-hybridized carbons (Fsp3) is 0.533. The zero-order chi connectivity index (χ0) is 16.0. The van der Waals surface area contributed by atoms with Gasteiger partial charge >= 0.3 is 6.09 Å². The first-order chi connectivity index (χ1) is 9.71. The number of hydrogen-bond donors (Lipinski definition) is 3. The number of halogens is 1. The molecule has 0 spiro atoms. The molecule has 0 bridgehead atoms. The largest absolute Gasteiger partial charge is 0.444 e. The second-order valence-corrected chi connectivity index (χ2v) is 6.84. The number of hydrogen-bond acceptors (Lipinski definition) is 4. The van der Waals surface area contributed by atoms with E-state index in [-0.39, 0.29) is 12.1 Å². The Morgan fingerprint density at radius 3 is 2.38 bits per heavy atom. The number of rotatable bonds is 5. The maximum atomic E-state index is 11.8. The summed E-state index contributed by atoms with van der Waals surface area (Å²) in [5, 5.41) is 6.11. The van der Waals surface area contributed by atoms with Crippen LogP contribution in [0.15, 0.2) is 28.7 Å². The van der Waals surface area contributed by atoms with Crippen LogP contribution < -0.4 is 16.4 Å². The predicted molar refractivity (Wildman–Crippen MR) is 89.4 cm³/mol. The van der Waals surface area contributed by atoms with Crippen LogP contribution in [-0.4, -0.2) is 30.3 Å². The van der Waals surface area contributed by atoms with E-state index in [4.69, 9.17) is 10.5 Å². The number of nitrogens with one attached hydrogen (secondary N) is 2. The smallest absolute Gasteiger partial charge is 0.407 e. The van der Waals surface area contributed by atoms with E-state index in [2.05, 4.69) is 26.6 Å². The summed E-state index contributed by atoms with van der Waals surface area (Å²) in [4.78, 5) is 11.8. The molecule has 0 saturated carbocycles. The zero-order valence-electron chi connectivity index (χ0n) is 12.9. The number of amides is 1. The summed E-state index contributed by atoms with van der Waals surface area (Å²) < 4.78 is 6.26. The van der Waals surface area contributed by atoms with Crippen LogP contribution in [-0.2, 0) is 4.74 Å². The maximum absolute atomic E-state index is 11.8. The molecule has 1 aromatic carbocycles. The van der Waals surface area contributed by atoms with Crippen molar-refractivity contribution in [3.63, 3.8) is 0 Å². The molecule has 0 saturated heterocycles. The number of carbonyl (C=O) groups is 1. The number of anilines is 1. The summed E-state index contributed by atoms with van der Waals surface area (Å²) in [6, 6.07) is 7.55. The molecule has 4 N–H and O–H groups in total. The van der Waals surface area contributed by atoms with Gasteiger partial charge in [0.25, 0.3) is 0 Å². The second kappa shape index (κ2) is 7.66. The first kappa shape index (κ1) is 17.8. The summed E-state index contributed by atoms with van der Waals surface area (Å²) in [6.45, 7) is 7.79. The minimum Gasteiger partial charge on any atom is -0.444 e. The highest BCUT2D eigenvalue weighted by Gasteiger charge is 2.21. The number of ether oxygens (including phenoxy) is 1. The lowest BCUT2D eigenvalue weighted by molar-refractivity contribution is 0.0504. The molecule has 5 nitrogen and oxygen atoms in total. The molecule has 2 atom stereocenters. The van der Waals surface area contributed by atoms with E-state index in [1.165, 1.54) is 0 Å². The van der Waals surface area contributed by atoms with Crippen LogP contribution in [0.25, 0.3) is 0 Å². The minimum absolute atomic E-state index is 0.0845. The molecule has 0 aliphatic heterocycles. The summed E-state index contributed by atoms with van der Waals surface area (Å²) in [7, 11) is 0. The van der Waals surface area contributed by atoms with Crippen LogP contribution in [0.1, 0.15) is 27.7 Å². The third-order valence-electron chi connectivity index (χ3n) is 2.80. The molecule has 1 aromatic rings. The highest BCUT2D eigenvalue weighted by Crippen LogP contribution is 2.15. The molecular weight excluding hydrogens is 334 g/mol. The summed E-state index contributed by atoms with van der Waals surface area (Å²) in [5.41, 5.74) is 6.23. The van der Waals surface area contributed by atoms with Crippen LogP contribution in [0, 0.1) is 0 Å². The van der Waals surface area contributed by atoms with Gasteiger partial charge < -0.3 is 21.1 Å². The molecule has 0 radical (unpaired) electrons. The number of carbonyl (C=O) groups excluding carboxylic acids is 1. The van der Waals surface area contributed by atoms with Crippen LogP contribution in [0.2, 0.25) is 0 Å². The molecule has 0 fully saturated rings. The quantitative estimate of drug-likeness (QED) is 0.756. The Hall–Kier alpha value is -1.27.